The number of anilines is 1. The van der Waals surface area contributed by atoms with Crippen molar-refractivity contribution in [2.45, 2.75) is 0 Å². The molecule has 0 amide bonds. The van der Waals surface area contributed by atoms with Crippen LogP contribution in [0, 0.1) is 0 Å². The first-order valence-corrected chi connectivity index (χ1v) is 6.52. The van der Waals surface area contributed by atoms with Gasteiger partial charge in [-0.25, -0.2) is 4.98 Å². The minimum atomic E-state index is 0.324. The molecule has 0 bridgehead atoms. The SMILES string of the molecule is CNc1ncnc(Oc2ccc(Cl)cc2Br)c1OC. The summed E-state index contributed by atoms with van der Waals surface area (Å²) in [5, 5.41) is 3.52. The summed E-state index contributed by atoms with van der Waals surface area (Å²) in [6.07, 6.45) is 1.40. The van der Waals surface area contributed by atoms with Crippen LogP contribution in [0.3, 0.4) is 0 Å². The molecule has 1 heterocycles. The van der Waals surface area contributed by atoms with Crippen molar-refractivity contribution in [1.29, 1.82) is 0 Å². The van der Waals surface area contributed by atoms with E-state index in [0.29, 0.717) is 28.2 Å². The average Bonchev–Trinajstić information content (AvgIpc) is 2.41. The zero-order valence-electron chi connectivity index (χ0n) is 10.3. The third-order valence-corrected chi connectivity index (χ3v) is 3.17. The van der Waals surface area contributed by atoms with Crippen LogP contribution < -0.4 is 14.8 Å². The highest BCUT2D eigenvalue weighted by Gasteiger charge is 2.14. The highest BCUT2D eigenvalue weighted by Crippen LogP contribution is 2.37. The Labute approximate surface area is 124 Å². The normalized spacial score (nSPS) is 10.1. The monoisotopic (exact) mass is 343 g/mol. The van der Waals surface area contributed by atoms with Gasteiger partial charge in [-0.1, -0.05) is 11.6 Å². The Morgan fingerprint density at radius 2 is 2.11 bits per heavy atom. The maximum absolute atomic E-state index is 5.88. The van der Waals surface area contributed by atoms with Crippen LogP contribution in [0.5, 0.6) is 17.4 Å². The van der Waals surface area contributed by atoms with Crippen LogP contribution in [0.2, 0.25) is 5.02 Å². The Morgan fingerprint density at radius 1 is 1.32 bits per heavy atom. The van der Waals surface area contributed by atoms with Gasteiger partial charge in [-0.05, 0) is 34.1 Å². The molecule has 0 radical (unpaired) electrons. The lowest BCUT2D eigenvalue weighted by molar-refractivity contribution is 0.368. The van der Waals surface area contributed by atoms with Crippen LogP contribution in [-0.4, -0.2) is 24.1 Å². The molecule has 19 heavy (non-hydrogen) atoms. The minimum Gasteiger partial charge on any atom is -0.489 e. The quantitative estimate of drug-likeness (QED) is 0.916. The van der Waals surface area contributed by atoms with Crippen LogP contribution in [0.4, 0.5) is 5.82 Å². The van der Waals surface area contributed by atoms with Crippen molar-refractivity contribution < 1.29 is 9.47 Å². The van der Waals surface area contributed by atoms with E-state index in [1.54, 1.807) is 25.2 Å². The van der Waals surface area contributed by atoms with E-state index < -0.39 is 0 Å². The summed E-state index contributed by atoms with van der Waals surface area (Å²) < 4.78 is 11.7. The van der Waals surface area contributed by atoms with Gasteiger partial charge in [-0.3, -0.25) is 0 Å². The molecule has 5 nitrogen and oxygen atoms in total. The molecule has 2 aromatic rings. The molecule has 0 saturated heterocycles. The molecule has 0 spiro atoms. The summed E-state index contributed by atoms with van der Waals surface area (Å²) in [5.74, 6) is 1.90. The molecule has 2 rings (SSSR count). The molecule has 0 aliphatic heterocycles. The van der Waals surface area contributed by atoms with Crippen molar-refractivity contribution in [2.75, 3.05) is 19.5 Å². The second-order valence-corrected chi connectivity index (χ2v) is 4.78. The first kappa shape index (κ1) is 13.9. The molecule has 0 fully saturated rings. The van der Waals surface area contributed by atoms with Gasteiger partial charge in [0, 0.05) is 12.1 Å². The molecule has 7 heteroatoms. The summed E-state index contributed by atoms with van der Waals surface area (Å²) in [5.41, 5.74) is 0. The maximum atomic E-state index is 5.88. The zero-order chi connectivity index (χ0) is 13.8. The Morgan fingerprint density at radius 3 is 2.74 bits per heavy atom. The van der Waals surface area contributed by atoms with Crippen molar-refractivity contribution >= 4 is 33.3 Å². The Balaban J connectivity index is 2.37. The number of hydrogen-bond acceptors (Lipinski definition) is 5. The smallest absolute Gasteiger partial charge is 0.268 e. The number of ether oxygens (including phenoxy) is 2. The summed E-state index contributed by atoms with van der Waals surface area (Å²) >= 11 is 9.26. The molecular formula is C12H11BrClN3O2. The summed E-state index contributed by atoms with van der Waals surface area (Å²) in [7, 11) is 3.27. The van der Waals surface area contributed by atoms with Gasteiger partial charge in [-0.15, -0.1) is 0 Å². The molecule has 0 atom stereocenters. The highest BCUT2D eigenvalue weighted by molar-refractivity contribution is 9.10. The van der Waals surface area contributed by atoms with E-state index in [9.17, 15) is 0 Å². The zero-order valence-corrected chi connectivity index (χ0v) is 12.6. The van der Waals surface area contributed by atoms with Crippen molar-refractivity contribution in [2.24, 2.45) is 0 Å². The van der Waals surface area contributed by atoms with Crippen molar-refractivity contribution in [1.82, 2.24) is 9.97 Å². The van der Waals surface area contributed by atoms with E-state index >= 15 is 0 Å². The lowest BCUT2D eigenvalue weighted by Crippen LogP contribution is -2.01. The minimum absolute atomic E-state index is 0.324. The predicted molar refractivity (Wildman–Crippen MR) is 77.4 cm³/mol. The fraction of sp³-hybridized carbons (Fsp3) is 0.167. The number of methoxy groups -OCH3 is 1. The molecule has 0 unspecified atom stereocenters. The largest absolute Gasteiger partial charge is 0.489 e. The fourth-order valence-electron chi connectivity index (χ4n) is 1.45. The standard InChI is InChI=1S/C12H11BrClN3O2/c1-15-11-10(18-2)12(17-6-16-11)19-9-4-3-7(14)5-8(9)13/h3-6H,1-2H3,(H,15,16,17). The first-order valence-electron chi connectivity index (χ1n) is 5.35. The number of rotatable bonds is 4. The summed E-state index contributed by atoms with van der Waals surface area (Å²) in [4.78, 5) is 8.11. The van der Waals surface area contributed by atoms with Gasteiger partial charge in [0.05, 0.1) is 11.6 Å². The molecule has 1 aromatic heterocycles. The van der Waals surface area contributed by atoms with Crippen molar-refractivity contribution in [3.8, 4) is 17.4 Å². The highest BCUT2D eigenvalue weighted by atomic mass is 79.9. The van der Waals surface area contributed by atoms with Crippen molar-refractivity contribution in [3.05, 3.63) is 34.0 Å². The van der Waals surface area contributed by atoms with E-state index in [-0.39, 0.29) is 0 Å². The third kappa shape index (κ3) is 3.08. The fourth-order valence-corrected chi connectivity index (χ4v) is 2.22. The van der Waals surface area contributed by atoms with Gasteiger partial charge >= 0.3 is 0 Å². The molecular weight excluding hydrogens is 334 g/mol. The second kappa shape index (κ2) is 6.08. The molecule has 1 N–H and O–H groups in total. The number of nitrogens with one attached hydrogen (secondary N) is 1. The van der Waals surface area contributed by atoms with Gasteiger partial charge < -0.3 is 14.8 Å². The van der Waals surface area contributed by atoms with E-state index in [1.807, 2.05) is 0 Å². The predicted octanol–water partition coefficient (Wildman–Crippen LogP) is 3.74. The second-order valence-electron chi connectivity index (χ2n) is 3.49. The number of benzene rings is 1. The van der Waals surface area contributed by atoms with Crippen LogP contribution in [0.25, 0.3) is 0 Å². The van der Waals surface area contributed by atoms with E-state index in [2.05, 4.69) is 31.2 Å². The molecule has 100 valence electrons. The Hall–Kier alpha value is -1.53. The lowest BCUT2D eigenvalue weighted by Gasteiger charge is -2.12. The van der Waals surface area contributed by atoms with Gasteiger partial charge in [0.15, 0.2) is 5.82 Å². The van der Waals surface area contributed by atoms with Crippen LogP contribution >= 0.6 is 27.5 Å². The number of halogens is 2. The summed E-state index contributed by atoms with van der Waals surface area (Å²) in [6.45, 7) is 0. The topological polar surface area (TPSA) is 56.3 Å². The maximum Gasteiger partial charge on any atom is 0.268 e. The molecule has 0 saturated carbocycles. The molecule has 1 aromatic carbocycles. The third-order valence-electron chi connectivity index (χ3n) is 2.31. The number of nitrogens with zero attached hydrogens (tertiary/aromatic N) is 2. The van der Waals surface area contributed by atoms with Gasteiger partial charge in [0.25, 0.3) is 5.88 Å². The first-order chi connectivity index (χ1) is 9.15. The van der Waals surface area contributed by atoms with Crippen LogP contribution in [0.1, 0.15) is 0 Å². The Kier molecular flexibility index (Phi) is 4.44. The van der Waals surface area contributed by atoms with Gasteiger partial charge in [-0.2, -0.15) is 4.98 Å². The molecule has 0 aliphatic rings. The lowest BCUT2D eigenvalue weighted by atomic mass is 10.3. The van der Waals surface area contributed by atoms with Crippen LogP contribution in [0.15, 0.2) is 29.0 Å². The van der Waals surface area contributed by atoms with Crippen LogP contribution in [-0.2, 0) is 0 Å². The number of hydrogen-bond donors (Lipinski definition) is 1. The van der Waals surface area contributed by atoms with E-state index in [1.165, 1.54) is 13.4 Å². The number of aromatic nitrogens is 2. The van der Waals surface area contributed by atoms with E-state index in [0.717, 1.165) is 4.47 Å². The molecule has 0 aliphatic carbocycles. The Bertz CT molecular complexity index is 595. The van der Waals surface area contributed by atoms with Gasteiger partial charge in [0.2, 0.25) is 5.75 Å². The van der Waals surface area contributed by atoms with Crippen molar-refractivity contribution in [3.63, 3.8) is 0 Å². The average molecular weight is 345 g/mol. The van der Waals surface area contributed by atoms with Gasteiger partial charge in [0.1, 0.15) is 12.1 Å². The summed E-state index contributed by atoms with van der Waals surface area (Å²) in [6, 6.07) is 5.21. The van der Waals surface area contributed by atoms with E-state index in [4.69, 9.17) is 21.1 Å².